The maximum atomic E-state index is 13.3. The van der Waals surface area contributed by atoms with E-state index in [1.54, 1.807) is 10.7 Å². The lowest BCUT2D eigenvalue weighted by Crippen LogP contribution is -2.39. The van der Waals surface area contributed by atoms with Crippen LogP contribution in [0.2, 0.25) is 0 Å². The van der Waals surface area contributed by atoms with E-state index < -0.39 is 0 Å². The minimum atomic E-state index is 0.0101. The molecule has 10 nitrogen and oxygen atoms in total. The van der Waals surface area contributed by atoms with Gasteiger partial charge in [-0.1, -0.05) is 17.3 Å². The number of fused-ring (bicyclic) bond motifs is 2. The Morgan fingerprint density at radius 1 is 1.12 bits per heavy atom. The van der Waals surface area contributed by atoms with Crippen molar-refractivity contribution in [1.82, 2.24) is 44.0 Å². The van der Waals surface area contributed by atoms with E-state index in [1.807, 2.05) is 66.2 Å². The highest BCUT2D eigenvalue weighted by Crippen LogP contribution is 2.28. The number of aryl methyl sites for hydroxylation is 2. The summed E-state index contributed by atoms with van der Waals surface area (Å²) in [5.41, 5.74) is 4.95. The molecular weight excluding hydrogens is 430 g/mol. The van der Waals surface area contributed by atoms with Gasteiger partial charge in [0.15, 0.2) is 5.65 Å². The summed E-state index contributed by atoms with van der Waals surface area (Å²) in [6.45, 7) is 5.76. The highest BCUT2D eigenvalue weighted by molar-refractivity contribution is 5.95. The molecule has 0 radical (unpaired) electrons. The number of amides is 1. The van der Waals surface area contributed by atoms with E-state index in [4.69, 9.17) is 0 Å². The molecule has 4 aromatic heterocycles. The van der Waals surface area contributed by atoms with Crippen LogP contribution in [0.4, 0.5) is 0 Å². The van der Waals surface area contributed by atoms with Crippen molar-refractivity contribution in [1.29, 1.82) is 0 Å². The van der Waals surface area contributed by atoms with Crippen molar-refractivity contribution in [3.8, 4) is 0 Å². The summed E-state index contributed by atoms with van der Waals surface area (Å²) >= 11 is 0. The lowest BCUT2D eigenvalue weighted by atomic mass is 9.95. The molecule has 1 amide bonds. The Balaban J connectivity index is 1.17. The van der Waals surface area contributed by atoms with Gasteiger partial charge in [0.25, 0.3) is 5.91 Å². The SMILES string of the molecule is Cc1cc2ncc(C(=O)N3CCC(c4nccn4Cn4nnc5ccccc54)CC3)c(C)n2n1. The molecule has 0 bridgehead atoms. The van der Waals surface area contributed by atoms with Crippen molar-refractivity contribution >= 4 is 22.6 Å². The van der Waals surface area contributed by atoms with Crippen molar-refractivity contribution in [2.75, 3.05) is 13.1 Å². The van der Waals surface area contributed by atoms with Gasteiger partial charge in [-0.15, -0.1) is 5.10 Å². The fourth-order valence-electron chi connectivity index (χ4n) is 4.85. The van der Waals surface area contributed by atoms with Gasteiger partial charge in [0.1, 0.15) is 18.0 Å². The zero-order valence-corrected chi connectivity index (χ0v) is 19.2. The van der Waals surface area contributed by atoms with E-state index in [-0.39, 0.29) is 11.8 Å². The van der Waals surface area contributed by atoms with E-state index in [9.17, 15) is 4.79 Å². The monoisotopic (exact) mass is 455 g/mol. The van der Waals surface area contributed by atoms with Crippen LogP contribution in [0.3, 0.4) is 0 Å². The number of benzene rings is 1. The molecule has 0 saturated carbocycles. The molecular formula is C24H25N9O. The number of hydrogen-bond acceptors (Lipinski definition) is 6. The topological polar surface area (TPSA) is 99.0 Å². The van der Waals surface area contributed by atoms with Crippen LogP contribution in [0.25, 0.3) is 16.7 Å². The van der Waals surface area contributed by atoms with Gasteiger partial charge in [0.2, 0.25) is 0 Å². The first-order valence-electron chi connectivity index (χ1n) is 11.5. The smallest absolute Gasteiger partial charge is 0.257 e. The summed E-state index contributed by atoms with van der Waals surface area (Å²) < 4.78 is 5.77. The number of imidazole rings is 1. The van der Waals surface area contributed by atoms with Gasteiger partial charge in [-0.2, -0.15) is 5.10 Å². The Hall–Kier alpha value is -4.08. The van der Waals surface area contributed by atoms with Crippen molar-refractivity contribution < 1.29 is 4.79 Å². The lowest BCUT2D eigenvalue weighted by Gasteiger charge is -2.32. The predicted molar refractivity (Wildman–Crippen MR) is 125 cm³/mol. The highest BCUT2D eigenvalue weighted by atomic mass is 16.2. The Labute approximate surface area is 195 Å². The van der Waals surface area contributed by atoms with Crippen LogP contribution in [0.1, 0.15) is 46.3 Å². The van der Waals surface area contributed by atoms with Gasteiger partial charge in [-0.05, 0) is 38.8 Å². The molecule has 0 unspecified atom stereocenters. The van der Waals surface area contributed by atoms with Crippen LogP contribution in [0.15, 0.2) is 48.9 Å². The number of carbonyl (C=O) groups excluding carboxylic acids is 1. The van der Waals surface area contributed by atoms with Crippen molar-refractivity contribution in [2.45, 2.75) is 39.3 Å². The number of carbonyl (C=O) groups is 1. The molecule has 5 heterocycles. The van der Waals surface area contributed by atoms with Gasteiger partial charge in [-0.3, -0.25) is 4.79 Å². The minimum absolute atomic E-state index is 0.0101. The molecule has 34 heavy (non-hydrogen) atoms. The van der Waals surface area contributed by atoms with E-state index >= 15 is 0 Å². The largest absolute Gasteiger partial charge is 0.338 e. The van der Waals surface area contributed by atoms with Gasteiger partial charge < -0.3 is 9.47 Å². The van der Waals surface area contributed by atoms with Gasteiger partial charge >= 0.3 is 0 Å². The molecule has 10 heteroatoms. The predicted octanol–water partition coefficient (Wildman–Crippen LogP) is 2.81. The van der Waals surface area contributed by atoms with Crippen LogP contribution in [0, 0.1) is 13.8 Å². The number of rotatable bonds is 4. The van der Waals surface area contributed by atoms with Crippen LogP contribution in [0.5, 0.6) is 0 Å². The third-order valence-corrected chi connectivity index (χ3v) is 6.68. The quantitative estimate of drug-likeness (QED) is 0.413. The number of piperidine rings is 1. The van der Waals surface area contributed by atoms with Gasteiger partial charge in [-0.25, -0.2) is 19.2 Å². The van der Waals surface area contributed by atoms with Crippen LogP contribution < -0.4 is 0 Å². The molecule has 1 saturated heterocycles. The molecule has 0 N–H and O–H groups in total. The van der Waals surface area contributed by atoms with Crippen molar-refractivity contribution in [3.05, 3.63) is 71.7 Å². The first kappa shape index (κ1) is 20.5. The average Bonchev–Trinajstić information content (AvgIpc) is 3.58. The molecule has 1 aliphatic rings. The van der Waals surface area contributed by atoms with Gasteiger partial charge in [0, 0.05) is 43.7 Å². The molecule has 0 aliphatic carbocycles. The second-order valence-electron chi connectivity index (χ2n) is 8.85. The van der Waals surface area contributed by atoms with Crippen molar-refractivity contribution in [2.24, 2.45) is 0 Å². The minimum Gasteiger partial charge on any atom is -0.338 e. The lowest BCUT2D eigenvalue weighted by molar-refractivity contribution is 0.0708. The number of para-hydroxylation sites is 1. The zero-order valence-electron chi connectivity index (χ0n) is 19.2. The number of likely N-dealkylation sites (tertiary alicyclic amines) is 1. The highest BCUT2D eigenvalue weighted by Gasteiger charge is 2.28. The third kappa shape index (κ3) is 3.42. The Kier molecular flexibility index (Phi) is 4.86. The first-order chi connectivity index (χ1) is 16.6. The molecule has 6 rings (SSSR count). The zero-order chi connectivity index (χ0) is 23.2. The molecule has 0 atom stereocenters. The summed E-state index contributed by atoms with van der Waals surface area (Å²) in [4.78, 5) is 24.3. The Morgan fingerprint density at radius 2 is 1.94 bits per heavy atom. The van der Waals surface area contributed by atoms with Crippen molar-refractivity contribution in [3.63, 3.8) is 0 Å². The van der Waals surface area contributed by atoms with Gasteiger partial charge in [0.05, 0.1) is 22.5 Å². The molecule has 1 aromatic carbocycles. The van der Waals surface area contributed by atoms with E-state index in [1.165, 1.54) is 0 Å². The number of aromatic nitrogens is 8. The molecule has 0 spiro atoms. The fourth-order valence-corrected chi connectivity index (χ4v) is 4.85. The summed E-state index contributed by atoms with van der Waals surface area (Å²) in [6, 6.07) is 9.85. The maximum absolute atomic E-state index is 13.3. The molecule has 1 fully saturated rings. The van der Waals surface area contributed by atoms with E-state index in [0.717, 1.165) is 46.7 Å². The number of nitrogens with zero attached hydrogens (tertiary/aromatic N) is 9. The first-order valence-corrected chi connectivity index (χ1v) is 11.5. The molecule has 1 aliphatic heterocycles. The third-order valence-electron chi connectivity index (χ3n) is 6.68. The van der Waals surface area contributed by atoms with Crippen LogP contribution in [-0.2, 0) is 6.67 Å². The Bertz CT molecular complexity index is 1500. The summed E-state index contributed by atoms with van der Waals surface area (Å²) in [6.07, 6.45) is 7.21. The second-order valence-corrected chi connectivity index (χ2v) is 8.85. The molecule has 172 valence electrons. The second kappa shape index (κ2) is 8.05. The fraction of sp³-hybridized carbons (Fsp3) is 0.333. The average molecular weight is 456 g/mol. The molecule has 5 aromatic rings. The van der Waals surface area contributed by atoms with Crippen LogP contribution in [-0.4, -0.2) is 63.0 Å². The normalized spacial score (nSPS) is 14.9. The summed E-state index contributed by atoms with van der Waals surface area (Å²) in [7, 11) is 0. The summed E-state index contributed by atoms with van der Waals surface area (Å²) in [5, 5.41) is 13.0. The summed E-state index contributed by atoms with van der Waals surface area (Å²) in [5.74, 6) is 1.32. The van der Waals surface area contributed by atoms with Crippen LogP contribution >= 0.6 is 0 Å². The Morgan fingerprint density at radius 3 is 2.79 bits per heavy atom. The standard InChI is InChI=1S/C24H25N9O/c1-16-13-22-26-14-19(17(2)33(22)28-16)24(34)30-10-7-18(8-11-30)23-25-9-12-31(23)15-32-21-6-4-3-5-20(21)27-29-32/h3-6,9,12-14,18H,7-8,10-11,15H2,1-2H3. The number of hydrogen-bond donors (Lipinski definition) is 0. The van der Waals surface area contributed by atoms with E-state index in [2.05, 4.69) is 29.9 Å². The maximum Gasteiger partial charge on any atom is 0.257 e. The van der Waals surface area contributed by atoms with E-state index in [0.29, 0.717) is 25.3 Å².